The first-order valence-corrected chi connectivity index (χ1v) is 6.70. The van der Waals surface area contributed by atoms with Crippen molar-refractivity contribution in [1.29, 1.82) is 5.26 Å². The minimum atomic E-state index is -0.0953. The van der Waals surface area contributed by atoms with Crippen LogP contribution in [0.4, 0.5) is 0 Å². The summed E-state index contributed by atoms with van der Waals surface area (Å²) in [5.41, 5.74) is 2.36. The summed E-state index contributed by atoms with van der Waals surface area (Å²) in [5, 5.41) is 9.60. The molecule has 0 saturated heterocycles. The van der Waals surface area contributed by atoms with Gasteiger partial charge in [-0.25, -0.2) is 0 Å². The zero-order valence-corrected chi connectivity index (χ0v) is 11.9. The molecule has 22 heavy (non-hydrogen) atoms. The number of ether oxygens (including phenoxy) is 1. The zero-order valence-electron chi connectivity index (χ0n) is 11.9. The number of pyridine rings is 1. The van der Waals surface area contributed by atoms with Gasteiger partial charge in [0.15, 0.2) is 5.78 Å². The predicted octanol–water partition coefficient (Wildman–Crippen LogP) is 3.35. The second-order valence-corrected chi connectivity index (χ2v) is 4.76. The van der Waals surface area contributed by atoms with Gasteiger partial charge in [0, 0.05) is 28.8 Å². The van der Waals surface area contributed by atoms with Crippen molar-refractivity contribution in [1.82, 2.24) is 4.98 Å². The SMILES string of the molecule is COc1ccc2c(C(=O)c3ccc(C#N)cc3)ccnc2c1. The molecule has 0 atom stereocenters. The molecule has 0 radical (unpaired) electrons. The van der Waals surface area contributed by atoms with Crippen molar-refractivity contribution in [2.45, 2.75) is 0 Å². The Morgan fingerprint density at radius 1 is 1.14 bits per heavy atom. The molecule has 106 valence electrons. The van der Waals surface area contributed by atoms with Crippen LogP contribution in [-0.2, 0) is 0 Å². The van der Waals surface area contributed by atoms with E-state index in [0.29, 0.717) is 28.0 Å². The van der Waals surface area contributed by atoms with Gasteiger partial charge in [0.1, 0.15) is 5.75 Å². The number of fused-ring (bicyclic) bond motifs is 1. The lowest BCUT2D eigenvalue weighted by atomic mass is 9.99. The van der Waals surface area contributed by atoms with Gasteiger partial charge in [-0.15, -0.1) is 0 Å². The molecule has 0 spiro atoms. The van der Waals surface area contributed by atoms with E-state index in [4.69, 9.17) is 10.00 Å². The van der Waals surface area contributed by atoms with Crippen molar-refractivity contribution >= 4 is 16.7 Å². The van der Waals surface area contributed by atoms with E-state index in [1.165, 1.54) is 0 Å². The van der Waals surface area contributed by atoms with Crippen LogP contribution in [0.5, 0.6) is 5.75 Å². The maximum atomic E-state index is 12.7. The first kappa shape index (κ1) is 13.8. The number of carbonyl (C=O) groups excluding carboxylic acids is 1. The van der Waals surface area contributed by atoms with Crippen LogP contribution in [-0.4, -0.2) is 17.9 Å². The number of rotatable bonds is 3. The molecule has 4 nitrogen and oxygen atoms in total. The first-order chi connectivity index (χ1) is 10.7. The lowest BCUT2D eigenvalue weighted by molar-refractivity contribution is 0.104. The highest BCUT2D eigenvalue weighted by Gasteiger charge is 2.13. The zero-order chi connectivity index (χ0) is 15.5. The number of hydrogen-bond acceptors (Lipinski definition) is 4. The van der Waals surface area contributed by atoms with Crippen LogP contribution in [0.25, 0.3) is 10.9 Å². The summed E-state index contributed by atoms with van der Waals surface area (Å²) in [6, 6.07) is 15.8. The summed E-state index contributed by atoms with van der Waals surface area (Å²) in [6.07, 6.45) is 1.61. The van der Waals surface area contributed by atoms with Gasteiger partial charge in [-0.3, -0.25) is 9.78 Å². The highest BCUT2D eigenvalue weighted by atomic mass is 16.5. The Morgan fingerprint density at radius 2 is 1.91 bits per heavy atom. The molecule has 0 aliphatic heterocycles. The molecule has 0 saturated carbocycles. The number of nitriles is 1. The molecular formula is C18H12N2O2. The van der Waals surface area contributed by atoms with Crippen LogP contribution in [0.2, 0.25) is 0 Å². The Kier molecular flexibility index (Phi) is 3.55. The third kappa shape index (κ3) is 2.40. The van der Waals surface area contributed by atoms with Crippen LogP contribution >= 0.6 is 0 Å². The molecule has 0 fully saturated rings. The van der Waals surface area contributed by atoms with E-state index in [9.17, 15) is 4.79 Å². The molecule has 0 aliphatic rings. The van der Waals surface area contributed by atoms with Crippen molar-refractivity contribution in [3.05, 3.63) is 71.4 Å². The number of hydrogen-bond donors (Lipinski definition) is 0. The minimum absolute atomic E-state index is 0.0953. The van der Waals surface area contributed by atoms with Gasteiger partial charge in [-0.2, -0.15) is 5.26 Å². The fourth-order valence-corrected chi connectivity index (χ4v) is 2.30. The summed E-state index contributed by atoms with van der Waals surface area (Å²) < 4.78 is 5.18. The Labute approximate surface area is 127 Å². The average molecular weight is 288 g/mol. The van der Waals surface area contributed by atoms with Gasteiger partial charge in [-0.1, -0.05) is 0 Å². The Morgan fingerprint density at radius 3 is 2.59 bits per heavy atom. The van der Waals surface area contributed by atoms with E-state index in [-0.39, 0.29) is 5.78 Å². The quantitative estimate of drug-likeness (QED) is 0.693. The number of methoxy groups -OCH3 is 1. The maximum absolute atomic E-state index is 12.7. The van der Waals surface area contributed by atoms with Crippen molar-refractivity contribution in [3.8, 4) is 11.8 Å². The Hall–Kier alpha value is -3.19. The summed E-state index contributed by atoms with van der Waals surface area (Å²) in [7, 11) is 1.59. The largest absolute Gasteiger partial charge is 0.497 e. The lowest BCUT2D eigenvalue weighted by Gasteiger charge is -2.07. The lowest BCUT2D eigenvalue weighted by Crippen LogP contribution is -2.03. The maximum Gasteiger partial charge on any atom is 0.193 e. The highest BCUT2D eigenvalue weighted by Crippen LogP contribution is 2.24. The molecule has 1 heterocycles. The number of benzene rings is 2. The van der Waals surface area contributed by atoms with Crippen molar-refractivity contribution in [3.63, 3.8) is 0 Å². The highest BCUT2D eigenvalue weighted by molar-refractivity contribution is 6.15. The molecule has 0 amide bonds. The molecule has 0 N–H and O–H groups in total. The van der Waals surface area contributed by atoms with Gasteiger partial charge in [-0.05, 0) is 42.5 Å². The van der Waals surface area contributed by atoms with E-state index >= 15 is 0 Å². The topological polar surface area (TPSA) is 63.0 Å². The van der Waals surface area contributed by atoms with E-state index in [2.05, 4.69) is 4.98 Å². The van der Waals surface area contributed by atoms with Gasteiger partial charge in [0.2, 0.25) is 0 Å². The third-order valence-electron chi connectivity index (χ3n) is 3.47. The fraction of sp³-hybridized carbons (Fsp3) is 0.0556. The van der Waals surface area contributed by atoms with Crippen LogP contribution in [0.3, 0.4) is 0 Å². The van der Waals surface area contributed by atoms with Crippen LogP contribution < -0.4 is 4.74 Å². The Bertz CT molecular complexity index is 893. The van der Waals surface area contributed by atoms with Gasteiger partial charge in [0.25, 0.3) is 0 Å². The number of nitrogens with zero attached hydrogens (tertiary/aromatic N) is 2. The molecule has 3 aromatic rings. The van der Waals surface area contributed by atoms with Crippen molar-refractivity contribution in [2.24, 2.45) is 0 Å². The monoisotopic (exact) mass is 288 g/mol. The molecule has 1 aromatic heterocycles. The smallest absolute Gasteiger partial charge is 0.193 e. The number of aromatic nitrogens is 1. The van der Waals surface area contributed by atoms with E-state index in [1.54, 1.807) is 55.8 Å². The Balaban J connectivity index is 2.08. The number of ketones is 1. The molecule has 0 bridgehead atoms. The van der Waals surface area contributed by atoms with Crippen LogP contribution in [0.15, 0.2) is 54.7 Å². The first-order valence-electron chi connectivity index (χ1n) is 6.70. The predicted molar refractivity (Wildman–Crippen MR) is 82.9 cm³/mol. The number of carbonyl (C=O) groups is 1. The fourth-order valence-electron chi connectivity index (χ4n) is 2.30. The standard InChI is InChI=1S/C18H12N2O2/c1-22-14-6-7-15-16(8-9-20-17(15)10-14)18(21)13-4-2-12(11-19)3-5-13/h2-10H,1H3. The van der Waals surface area contributed by atoms with Gasteiger partial charge in [0.05, 0.1) is 24.3 Å². The normalized spacial score (nSPS) is 10.2. The summed E-state index contributed by atoms with van der Waals surface area (Å²) in [6.45, 7) is 0. The van der Waals surface area contributed by atoms with Gasteiger partial charge >= 0.3 is 0 Å². The second-order valence-electron chi connectivity index (χ2n) is 4.76. The summed E-state index contributed by atoms with van der Waals surface area (Å²) in [4.78, 5) is 17.0. The second kappa shape index (κ2) is 5.66. The molecular weight excluding hydrogens is 276 g/mol. The van der Waals surface area contributed by atoms with E-state index in [0.717, 1.165) is 5.39 Å². The summed E-state index contributed by atoms with van der Waals surface area (Å²) in [5.74, 6) is 0.602. The van der Waals surface area contributed by atoms with Gasteiger partial charge < -0.3 is 4.74 Å². The van der Waals surface area contributed by atoms with E-state index in [1.807, 2.05) is 12.1 Å². The molecule has 4 heteroatoms. The van der Waals surface area contributed by atoms with Crippen molar-refractivity contribution < 1.29 is 9.53 Å². The molecule has 2 aromatic carbocycles. The summed E-state index contributed by atoms with van der Waals surface area (Å²) >= 11 is 0. The molecule has 0 unspecified atom stereocenters. The minimum Gasteiger partial charge on any atom is -0.497 e. The van der Waals surface area contributed by atoms with E-state index < -0.39 is 0 Å². The van der Waals surface area contributed by atoms with Crippen molar-refractivity contribution in [2.75, 3.05) is 7.11 Å². The average Bonchev–Trinajstić information content (AvgIpc) is 2.60. The van der Waals surface area contributed by atoms with Crippen LogP contribution in [0, 0.1) is 11.3 Å². The van der Waals surface area contributed by atoms with Crippen LogP contribution in [0.1, 0.15) is 21.5 Å². The molecule has 3 rings (SSSR count). The molecule has 0 aliphatic carbocycles. The third-order valence-corrected chi connectivity index (χ3v) is 3.47.